The van der Waals surface area contributed by atoms with Crippen molar-refractivity contribution in [1.29, 1.82) is 0 Å². The fourth-order valence-electron chi connectivity index (χ4n) is 4.49. The van der Waals surface area contributed by atoms with Crippen molar-refractivity contribution in [2.75, 3.05) is 6.61 Å². The first-order valence-corrected chi connectivity index (χ1v) is 11.9. The normalized spacial score (nSPS) is 15.8. The minimum Gasteiger partial charge on any atom is -0.470 e. The van der Waals surface area contributed by atoms with Gasteiger partial charge in [-0.25, -0.2) is 28.4 Å². The molecule has 0 bridgehead atoms. The Morgan fingerprint density at radius 1 is 1.11 bits per heavy atom. The Balaban J connectivity index is 1.43. The van der Waals surface area contributed by atoms with E-state index in [9.17, 15) is 22.0 Å². The first-order chi connectivity index (χ1) is 18.2. The number of hydrogen-bond donors (Lipinski definition) is 0. The SMILES string of the molecule is Cc1cn(-c2ccc(C=Cc3nc4n(n3)CCCC4c3ccccc3C(F)(F)F)nc2OCC(F)F)cn1. The molecule has 7 nitrogen and oxygen atoms in total. The van der Waals surface area contributed by atoms with Crippen LogP contribution in [0, 0.1) is 6.92 Å². The van der Waals surface area contributed by atoms with Gasteiger partial charge < -0.3 is 9.30 Å². The number of alkyl halides is 5. The summed E-state index contributed by atoms with van der Waals surface area (Å²) < 4.78 is 75.1. The summed E-state index contributed by atoms with van der Waals surface area (Å²) in [6, 6.07) is 8.88. The van der Waals surface area contributed by atoms with Gasteiger partial charge in [-0.2, -0.15) is 18.3 Å². The molecule has 1 aliphatic heterocycles. The molecule has 0 aliphatic carbocycles. The van der Waals surface area contributed by atoms with E-state index in [1.54, 1.807) is 52.7 Å². The van der Waals surface area contributed by atoms with E-state index in [1.807, 2.05) is 0 Å². The monoisotopic (exact) mass is 530 g/mol. The first-order valence-electron chi connectivity index (χ1n) is 11.9. The van der Waals surface area contributed by atoms with Crippen LogP contribution >= 0.6 is 0 Å². The maximum Gasteiger partial charge on any atom is 0.416 e. The molecule has 0 fully saturated rings. The van der Waals surface area contributed by atoms with Gasteiger partial charge in [-0.1, -0.05) is 18.2 Å². The predicted octanol–water partition coefficient (Wildman–Crippen LogP) is 5.93. The number of ether oxygens (including phenoxy) is 1. The molecular formula is C26H23F5N6O. The molecule has 4 aromatic rings. The van der Waals surface area contributed by atoms with Crippen LogP contribution in [0.5, 0.6) is 5.88 Å². The Kier molecular flexibility index (Phi) is 6.96. The summed E-state index contributed by atoms with van der Waals surface area (Å²) >= 11 is 0. The fourth-order valence-corrected chi connectivity index (χ4v) is 4.49. The van der Waals surface area contributed by atoms with Crippen LogP contribution in [0.2, 0.25) is 0 Å². The minimum absolute atomic E-state index is 0.00534. The minimum atomic E-state index is -4.47. The van der Waals surface area contributed by atoms with Crippen LogP contribution in [-0.4, -0.2) is 42.3 Å². The average Bonchev–Trinajstić information content (AvgIpc) is 3.51. The summed E-state index contributed by atoms with van der Waals surface area (Å²) in [6.07, 6.45) is 0.465. The first kappa shape index (κ1) is 25.6. The van der Waals surface area contributed by atoms with E-state index >= 15 is 0 Å². The van der Waals surface area contributed by atoms with Crippen molar-refractivity contribution in [1.82, 2.24) is 29.3 Å². The molecule has 1 unspecified atom stereocenters. The molecule has 198 valence electrons. The lowest BCUT2D eigenvalue weighted by molar-refractivity contribution is -0.138. The molecule has 0 saturated heterocycles. The Hall–Kier alpha value is -4.09. The van der Waals surface area contributed by atoms with Gasteiger partial charge in [0.2, 0.25) is 5.88 Å². The van der Waals surface area contributed by atoms with E-state index in [-0.39, 0.29) is 11.4 Å². The largest absolute Gasteiger partial charge is 0.470 e. The van der Waals surface area contributed by atoms with Gasteiger partial charge in [0.05, 0.1) is 23.3 Å². The third-order valence-electron chi connectivity index (χ3n) is 6.13. The van der Waals surface area contributed by atoms with Gasteiger partial charge in [0.1, 0.15) is 11.5 Å². The second kappa shape index (κ2) is 10.3. The van der Waals surface area contributed by atoms with Crippen LogP contribution in [0.1, 0.15) is 52.9 Å². The highest BCUT2D eigenvalue weighted by Crippen LogP contribution is 2.40. The summed E-state index contributed by atoms with van der Waals surface area (Å²) in [7, 11) is 0. The second-order valence-corrected chi connectivity index (χ2v) is 8.85. The Morgan fingerprint density at radius 3 is 2.66 bits per heavy atom. The van der Waals surface area contributed by atoms with Gasteiger partial charge in [0.25, 0.3) is 6.43 Å². The second-order valence-electron chi connectivity index (χ2n) is 8.85. The van der Waals surface area contributed by atoms with E-state index in [1.165, 1.54) is 18.5 Å². The molecule has 0 amide bonds. The van der Waals surface area contributed by atoms with Crippen LogP contribution in [0.3, 0.4) is 0 Å². The average molecular weight is 531 g/mol. The number of fused-ring (bicyclic) bond motifs is 1. The highest BCUT2D eigenvalue weighted by molar-refractivity contribution is 5.65. The van der Waals surface area contributed by atoms with Crippen molar-refractivity contribution in [2.24, 2.45) is 0 Å². The number of imidazole rings is 1. The van der Waals surface area contributed by atoms with Gasteiger partial charge in [0.15, 0.2) is 12.4 Å². The molecule has 1 aromatic carbocycles. The van der Waals surface area contributed by atoms with E-state index in [0.29, 0.717) is 42.4 Å². The number of pyridine rings is 1. The number of aromatic nitrogens is 6. The molecular weight excluding hydrogens is 507 g/mol. The molecule has 12 heteroatoms. The number of nitrogens with zero attached hydrogens (tertiary/aromatic N) is 6. The molecule has 1 atom stereocenters. The van der Waals surface area contributed by atoms with Crippen LogP contribution in [0.4, 0.5) is 22.0 Å². The van der Waals surface area contributed by atoms with Gasteiger partial charge >= 0.3 is 6.18 Å². The number of benzene rings is 1. The predicted molar refractivity (Wildman–Crippen MR) is 129 cm³/mol. The zero-order valence-electron chi connectivity index (χ0n) is 20.2. The van der Waals surface area contributed by atoms with Gasteiger partial charge in [-0.3, -0.25) is 0 Å². The molecule has 0 spiro atoms. The number of rotatable bonds is 7. The molecule has 4 heterocycles. The molecule has 0 N–H and O–H groups in total. The quantitative estimate of drug-likeness (QED) is 0.277. The lowest BCUT2D eigenvalue weighted by Gasteiger charge is -2.25. The van der Waals surface area contributed by atoms with Crippen molar-refractivity contribution >= 4 is 12.2 Å². The molecule has 0 saturated carbocycles. The van der Waals surface area contributed by atoms with Crippen LogP contribution in [0.15, 0.2) is 48.9 Å². The maximum atomic E-state index is 13.6. The van der Waals surface area contributed by atoms with Crippen LogP contribution in [0.25, 0.3) is 17.8 Å². The van der Waals surface area contributed by atoms with E-state index < -0.39 is 30.7 Å². The zero-order valence-corrected chi connectivity index (χ0v) is 20.2. The Bertz CT molecular complexity index is 1460. The highest BCUT2D eigenvalue weighted by Gasteiger charge is 2.37. The smallest absolute Gasteiger partial charge is 0.416 e. The summed E-state index contributed by atoms with van der Waals surface area (Å²) in [5, 5.41) is 4.45. The summed E-state index contributed by atoms with van der Waals surface area (Å²) in [5.41, 5.74) is 1.09. The molecule has 1 aliphatic rings. The lowest BCUT2D eigenvalue weighted by atomic mass is 9.88. The lowest BCUT2D eigenvalue weighted by Crippen LogP contribution is -2.21. The molecule has 38 heavy (non-hydrogen) atoms. The Morgan fingerprint density at radius 2 is 1.92 bits per heavy atom. The van der Waals surface area contributed by atoms with Crippen molar-refractivity contribution in [3.63, 3.8) is 0 Å². The summed E-state index contributed by atoms with van der Waals surface area (Å²) in [4.78, 5) is 13.0. The maximum absolute atomic E-state index is 13.6. The highest BCUT2D eigenvalue weighted by atomic mass is 19.4. The number of aryl methyl sites for hydroxylation is 2. The standard InChI is InChI=1S/C26H23F5N6O/c1-16-13-36(15-32-16)21-10-8-17(33-25(21)38-14-22(27)28)9-11-23-34-24-19(6-4-12-37(24)35-23)18-5-2-3-7-20(18)26(29,30)31/h2-3,5,7-11,13,15,19,22H,4,6,12,14H2,1H3. The third-order valence-corrected chi connectivity index (χ3v) is 6.13. The van der Waals surface area contributed by atoms with E-state index in [2.05, 4.69) is 20.1 Å². The summed E-state index contributed by atoms with van der Waals surface area (Å²) in [5.74, 6) is 0.238. The molecule has 5 rings (SSSR count). The van der Waals surface area contributed by atoms with Crippen molar-refractivity contribution in [2.45, 2.75) is 44.8 Å². The van der Waals surface area contributed by atoms with Crippen LogP contribution < -0.4 is 4.74 Å². The van der Waals surface area contributed by atoms with Gasteiger partial charge in [-0.15, -0.1) is 0 Å². The Labute approximate surface area is 214 Å². The number of halogens is 5. The van der Waals surface area contributed by atoms with Crippen molar-refractivity contribution in [3.8, 4) is 11.6 Å². The molecule has 0 radical (unpaired) electrons. The van der Waals surface area contributed by atoms with Crippen molar-refractivity contribution < 1.29 is 26.7 Å². The van der Waals surface area contributed by atoms with Crippen molar-refractivity contribution in [3.05, 3.63) is 83.1 Å². The third kappa shape index (κ3) is 5.43. The zero-order chi connectivity index (χ0) is 26.9. The fraction of sp³-hybridized carbons (Fsp3) is 0.308. The molecule has 3 aromatic heterocycles. The topological polar surface area (TPSA) is 70.7 Å². The van der Waals surface area contributed by atoms with Gasteiger partial charge in [0, 0.05) is 18.7 Å². The number of hydrogen-bond acceptors (Lipinski definition) is 5. The van der Waals surface area contributed by atoms with E-state index in [4.69, 9.17) is 4.74 Å². The summed E-state index contributed by atoms with van der Waals surface area (Å²) in [6.45, 7) is 1.52. The van der Waals surface area contributed by atoms with E-state index in [0.717, 1.165) is 11.8 Å². The van der Waals surface area contributed by atoms with Crippen LogP contribution in [-0.2, 0) is 12.7 Å². The van der Waals surface area contributed by atoms with Gasteiger partial charge in [-0.05, 0) is 55.7 Å².